The number of guanidine groups is 1. The van der Waals surface area contributed by atoms with Gasteiger partial charge in [-0.15, -0.1) is 0 Å². The Morgan fingerprint density at radius 2 is 1.22 bits per heavy atom. The first-order valence-electron chi connectivity index (χ1n) is 23.0. The van der Waals surface area contributed by atoms with Crippen molar-refractivity contribution in [2.75, 3.05) is 13.2 Å². The smallest absolute Gasteiger partial charge is 0.245 e. The van der Waals surface area contributed by atoms with Crippen molar-refractivity contribution >= 4 is 35.2 Å². The summed E-state index contributed by atoms with van der Waals surface area (Å²) in [7, 11) is 0. The fourth-order valence-corrected chi connectivity index (χ4v) is 7.35. The summed E-state index contributed by atoms with van der Waals surface area (Å²) in [6.45, 7) is 9.02. The molecule has 13 heteroatoms. The van der Waals surface area contributed by atoms with Gasteiger partial charge in [0.25, 0.3) is 0 Å². The van der Waals surface area contributed by atoms with Crippen LogP contribution in [0.2, 0.25) is 0 Å². The van der Waals surface area contributed by atoms with Crippen LogP contribution in [-0.4, -0.2) is 82.8 Å². The molecule has 0 bridgehead atoms. The highest BCUT2D eigenvalue weighted by molar-refractivity contribution is 5.96. The number of amides is 3. The van der Waals surface area contributed by atoms with Gasteiger partial charge < -0.3 is 37.6 Å². The first kappa shape index (κ1) is 54.2. The number of aliphatic imine (C=N–C) groups is 1. The number of rotatable bonds is 36. The largest absolute Gasteiger partial charge is 0.396 e. The summed E-state index contributed by atoms with van der Waals surface area (Å²) >= 11 is 0. The van der Waals surface area contributed by atoms with Gasteiger partial charge in [-0.3, -0.25) is 29.0 Å². The second-order valence-corrected chi connectivity index (χ2v) is 17.2. The molecule has 9 N–H and O–H groups in total. The van der Waals surface area contributed by atoms with E-state index in [0.717, 1.165) is 24.8 Å². The van der Waals surface area contributed by atoms with E-state index in [-0.39, 0.29) is 74.7 Å². The monoisotopic (exact) mass is 843 g/mol. The SMILES string of the molecule is CCCCCCCCCCCCCCCCCC(=O)N[C@H](C(=O)N[C@H](C(=O)C[C@@H](Cc1ccccc1)C(=O)N[C@@H](CCCN=C(N)N)C(=O)C[C@H](C)CO)C(C)C)[C@@H](C)O. The van der Waals surface area contributed by atoms with Crippen molar-refractivity contribution in [3.05, 3.63) is 35.9 Å². The summed E-state index contributed by atoms with van der Waals surface area (Å²) in [5, 5.41) is 28.4. The van der Waals surface area contributed by atoms with Crippen LogP contribution in [0.3, 0.4) is 0 Å². The highest BCUT2D eigenvalue weighted by Gasteiger charge is 2.34. The molecule has 0 spiro atoms. The van der Waals surface area contributed by atoms with Gasteiger partial charge in [0.2, 0.25) is 17.7 Å². The third kappa shape index (κ3) is 25.1. The van der Waals surface area contributed by atoms with Crippen molar-refractivity contribution in [3.63, 3.8) is 0 Å². The molecular weight excluding hydrogens is 761 g/mol. The van der Waals surface area contributed by atoms with E-state index in [1.807, 2.05) is 30.3 Å². The first-order chi connectivity index (χ1) is 28.7. The summed E-state index contributed by atoms with van der Waals surface area (Å²) in [5.74, 6) is -3.82. The number of nitrogens with one attached hydrogen (secondary N) is 3. The number of nitrogens with two attached hydrogens (primary N) is 2. The maximum absolute atomic E-state index is 14.0. The van der Waals surface area contributed by atoms with Gasteiger partial charge in [-0.1, -0.05) is 148 Å². The Bertz CT molecular complexity index is 1390. The number of unbranched alkanes of at least 4 members (excludes halogenated alkanes) is 14. The summed E-state index contributed by atoms with van der Waals surface area (Å²) in [6.07, 6.45) is 17.9. The first-order valence-corrected chi connectivity index (χ1v) is 23.0. The lowest BCUT2D eigenvalue weighted by Gasteiger charge is -2.28. The molecule has 1 rings (SSSR count). The second-order valence-electron chi connectivity index (χ2n) is 17.2. The molecule has 0 aliphatic rings. The zero-order valence-electron chi connectivity index (χ0n) is 37.7. The lowest BCUT2D eigenvalue weighted by molar-refractivity contribution is -0.136. The zero-order chi connectivity index (χ0) is 44.7. The van der Waals surface area contributed by atoms with E-state index in [1.165, 1.54) is 77.6 Å². The molecule has 1 aromatic rings. The number of benzene rings is 1. The average molecular weight is 843 g/mol. The van der Waals surface area contributed by atoms with E-state index in [0.29, 0.717) is 12.8 Å². The molecule has 0 aromatic heterocycles. The summed E-state index contributed by atoms with van der Waals surface area (Å²) in [5.41, 5.74) is 11.7. The normalized spacial score (nSPS) is 14.3. The van der Waals surface area contributed by atoms with Crippen molar-refractivity contribution in [1.29, 1.82) is 0 Å². The molecule has 342 valence electrons. The van der Waals surface area contributed by atoms with Crippen LogP contribution in [0.4, 0.5) is 0 Å². The Hall–Kier alpha value is -3.84. The van der Waals surface area contributed by atoms with Crippen LogP contribution in [0.1, 0.15) is 169 Å². The third-order valence-corrected chi connectivity index (χ3v) is 11.1. The highest BCUT2D eigenvalue weighted by Crippen LogP contribution is 2.19. The molecule has 0 heterocycles. The summed E-state index contributed by atoms with van der Waals surface area (Å²) in [6, 6.07) is 6.04. The van der Waals surface area contributed by atoms with Gasteiger partial charge in [-0.25, -0.2) is 0 Å². The number of Topliss-reactive ketones (excluding diaryl/α,β-unsaturated/α-hetero) is 2. The van der Waals surface area contributed by atoms with Gasteiger partial charge in [0, 0.05) is 38.3 Å². The molecule has 3 amide bonds. The van der Waals surface area contributed by atoms with E-state index >= 15 is 0 Å². The molecule has 1 aromatic carbocycles. The average Bonchev–Trinajstić information content (AvgIpc) is 3.20. The number of hydrogen-bond donors (Lipinski definition) is 7. The maximum Gasteiger partial charge on any atom is 0.245 e. The number of carbonyl (C=O) groups excluding carboxylic acids is 5. The Kier molecular flexibility index (Phi) is 29.7. The predicted octanol–water partition coefficient (Wildman–Crippen LogP) is 6.20. The Morgan fingerprint density at radius 1 is 0.667 bits per heavy atom. The third-order valence-electron chi connectivity index (χ3n) is 11.1. The fourth-order valence-electron chi connectivity index (χ4n) is 7.35. The van der Waals surface area contributed by atoms with Crippen LogP contribution in [0.15, 0.2) is 35.3 Å². The minimum atomic E-state index is -1.27. The molecule has 0 unspecified atom stereocenters. The molecule has 0 aliphatic carbocycles. The van der Waals surface area contributed by atoms with Crippen LogP contribution in [-0.2, 0) is 30.4 Å². The van der Waals surface area contributed by atoms with Crippen LogP contribution >= 0.6 is 0 Å². The van der Waals surface area contributed by atoms with Crippen molar-refractivity contribution < 1.29 is 34.2 Å². The molecule has 0 radical (unpaired) electrons. The lowest BCUT2D eigenvalue weighted by Crippen LogP contribution is -2.57. The minimum absolute atomic E-state index is 0.0495. The van der Waals surface area contributed by atoms with Gasteiger partial charge in [0.05, 0.1) is 18.2 Å². The van der Waals surface area contributed by atoms with Gasteiger partial charge in [-0.05, 0) is 50.0 Å². The van der Waals surface area contributed by atoms with Crippen LogP contribution in [0.5, 0.6) is 0 Å². The molecule has 0 saturated carbocycles. The van der Waals surface area contributed by atoms with Gasteiger partial charge >= 0.3 is 0 Å². The predicted molar refractivity (Wildman–Crippen MR) is 241 cm³/mol. The quantitative estimate of drug-likeness (QED) is 0.0232. The van der Waals surface area contributed by atoms with E-state index in [1.54, 1.807) is 20.8 Å². The number of nitrogens with zero attached hydrogens (tertiary/aromatic N) is 1. The Balaban J connectivity index is 2.83. The standard InChI is InChI=1S/C47H82N6O7/c1-6-7-8-9-10-11-12-13-14-15-16-17-18-19-23-28-42(58)52-44(36(5)55)46(60)53-43(34(2)3)41(57)32-38(31-37-25-21-20-22-26-37)45(59)51-39(27-24-29-50-47(48)49)40(56)30-35(4)33-54/h20-22,25-26,34-36,38-39,43-44,54-55H,6-19,23-24,27-33H2,1-5H3,(H,51,59)(H,52,58)(H,53,60)(H4,48,49,50)/t35-,36+,38+,39-,43-,44-/m0/s1. The van der Waals surface area contributed by atoms with Crippen LogP contribution in [0.25, 0.3) is 0 Å². The van der Waals surface area contributed by atoms with Crippen molar-refractivity contribution in [3.8, 4) is 0 Å². The molecule has 0 saturated heterocycles. The number of carbonyl (C=O) groups is 5. The lowest BCUT2D eigenvalue weighted by atomic mass is 9.87. The fraction of sp³-hybridized carbons (Fsp3) is 0.745. The molecule has 60 heavy (non-hydrogen) atoms. The van der Waals surface area contributed by atoms with Crippen molar-refractivity contribution in [1.82, 2.24) is 16.0 Å². The number of aliphatic hydroxyl groups excluding tert-OH is 2. The number of hydrogen-bond acceptors (Lipinski definition) is 8. The highest BCUT2D eigenvalue weighted by atomic mass is 16.3. The minimum Gasteiger partial charge on any atom is -0.396 e. The topological polar surface area (TPSA) is 226 Å². The van der Waals surface area contributed by atoms with Crippen molar-refractivity contribution in [2.24, 2.45) is 34.2 Å². The van der Waals surface area contributed by atoms with Gasteiger partial charge in [-0.2, -0.15) is 0 Å². The second kappa shape index (κ2) is 32.9. The van der Waals surface area contributed by atoms with Crippen molar-refractivity contribution in [2.45, 2.75) is 194 Å². The van der Waals surface area contributed by atoms with E-state index in [4.69, 9.17) is 11.5 Å². The number of ketones is 2. The van der Waals surface area contributed by atoms with Crippen LogP contribution in [0, 0.1) is 17.8 Å². The van der Waals surface area contributed by atoms with E-state index < -0.39 is 47.7 Å². The molecule has 0 aliphatic heterocycles. The van der Waals surface area contributed by atoms with E-state index in [9.17, 15) is 34.2 Å². The Labute approximate surface area is 361 Å². The van der Waals surface area contributed by atoms with Gasteiger partial charge in [0.1, 0.15) is 6.04 Å². The molecule has 0 fully saturated rings. The van der Waals surface area contributed by atoms with E-state index in [2.05, 4.69) is 27.9 Å². The zero-order valence-corrected chi connectivity index (χ0v) is 37.7. The number of aliphatic hydroxyl groups is 2. The molecular formula is C47H82N6O7. The summed E-state index contributed by atoms with van der Waals surface area (Å²) < 4.78 is 0. The molecule has 6 atom stereocenters. The molecule has 13 nitrogen and oxygen atoms in total. The summed E-state index contributed by atoms with van der Waals surface area (Å²) in [4.78, 5) is 71.7. The maximum atomic E-state index is 14.0. The van der Waals surface area contributed by atoms with Crippen LogP contribution < -0.4 is 27.4 Å². The van der Waals surface area contributed by atoms with Gasteiger partial charge in [0.15, 0.2) is 17.5 Å². The Morgan fingerprint density at radius 3 is 1.72 bits per heavy atom.